The smallest absolute Gasteiger partial charge is 0.311 e. The van der Waals surface area contributed by atoms with Crippen LogP contribution in [0.3, 0.4) is 0 Å². The minimum absolute atomic E-state index is 0.0565. The molecule has 172 valence electrons. The van der Waals surface area contributed by atoms with Crippen molar-refractivity contribution in [3.63, 3.8) is 0 Å². The molecule has 0 N–H and O–H groups in total. The van der Waals surface area contributed by atoms with Crippen LogP contribution in [0.15, 0.2) is 72.8 Å². The van der Waals surface area contributed by atoms with E-state index in [4.69, 9.17) is 4.74 Å². The number of benzene rings is 3. The Hall–Kier alpha value is -4.33. The Morgan fingerprint density at radius 3 is 2.24 bits per heavy atom. The van der Waals surface area contributed by atoms with E-state index in [1.807, 2.05) is 42.5 Å². The highest BCUT2D eigenvalue weighted by molar-refractivity contribution is 6.23. The van der Waals surface area contributed by atoms with Gasteiger partial charge in [-0.05, 0) is 42.2 Å². The summed E-state index contributed by atoms with van der Waals surface area (Å²) in [5.74, 6) is -1.06. The number of fused-ring (bicyclic) bond motifs is 1. The second-order valence-electron chi connectivity index (χ2n) is 7.89. The van der Waals surface area contributed by atoms with Crippen LogP contribution in [0.1, 0.15) is 46.4 Å². The SMILES string of the molecule is O=C(CCCCCN1C(=O)c2cccc([N+](=O)[O-])c2C1=O)Oc1ccc(-c2ccccc2)cc1. The molecule has 8 heteroatoms. The van der Waals surface area contributed by atoms with Crippen LogP contribution < -0.4 is 4.74 Å². The summed E-state index contributed by atoms with van der Waals surface area (Å²) in [5, 5.41) is 11.2. The minimum Gasteiger partial charge on any atom is -0.427 e. The van der Waals surface area contributed by atoms with E-state index in [1.165, 1.54) is 18.2 Å². The van der Waals surface area contributed by atoms with Crippen LogP contribution in [0.2, 0.25) is 0 Å². The van der Waals surface area contributed by atoms with Crippen molar-refractivity contribution in [1.29, 1.82) is 0 Å². The zero-order chi connectivity index (χ0) is 24.1. The Bertz CT molecular complexity index is 1240. The molecule has 0 radical (unpaired) electrons. The largest absolute Gasteiger partial charge is 0.427 e. The molecule has 4 rings (SSSR count). The normalized spacial score (nSPS) is 12.5. The fraction of sp³-hybridized carbons (Fsp3) is 0.192. The molecule has 0 bridgehead atoms. The van der Waals surface area contributed by atoms with Gasteiger partial charge >= 0.3 is 5.97 Å². The quantitative estimate of drug-likeness (QED) is 0.111. The molecule has 0 aliphatic carbocycles. The van der Waals surface area contributed by atoms with Crippen molar-refractivity contribution in [3.05, 3.63) is 94.0 Å². The van der Waals surface area contributed by atoms with Crippen LogP contribution >= 0.6 is 0 Å². The number of nitrogens with zero attached hydrogens (tertiary/aromatic N) is 2. The number of esters is 1. The monoisotopic (exact) mass is 458 g/mol. The molecule has 1 aliphatic rings. The molecule has 2 amide bonds. The summed E-state index contributed by atoms with van der Waals surface area (Å²) in [6.07, 6.45) is 1.81. The number of carbonyl (C=O) groups excluding carboxylic acids is 3. The van der Waals surface area contributed by atoms with Crippen molar-refractivity contribution in [1.82, 2.24) is 4.90 Å². The van der Waals surface area contributed by atoms with Crippen LogP contribution in [0.5, 0.6) is 5.75 Å². The number of nitro groups is 1. The molecule has 0 spiro atoms. The van der Waals surface area contributed by atoms with Crippen molar-refractivity contribution >= 4 is 23.5 Å². The minimum atomic E-state index is -0.658. The van der Waals surface area contributed by atoms with Gasteiger partial charge in [-0.3, -0.25) is 29.4 Å². The van der Waals surface area contributed by atoms with Gasteiger partial charge < -0.3 is 4.74 Å². The Morgan fingerprint density at radius 2 is 1.53 bits per heavy atom. The topological polar surface area (TPSA) is 107 Å². The summed E-state index contributed by atoms with van der Waals surface area (Å²) in [5.41, 5.74) is 1.64. The maximum Gasteiger partial charge on any atom is 0.311 e. The highest BCUT2D eigenvalue weighted by atomic mass is 16.6. The fourth-order valence-electron chi connectivity index (χ4n) is 3.92. The average Bonchev–Trinajstić information content (AvgIpc) is 3.09. The summed E-state index contributed by atoms with van der Waals surface area (Å²) < 4.78 is 5.38. The first-order valence-corrected chi connectivity index (χ1v) is 11.0. The van der Waals surface area contributed by atoms with Crippen molar-refractivity contribution in [3.8, 4) is 16.9 Å². The number of hydrogen-bond acceptors (Lipinski definition) is 6. The number of amides is 2. The Kier molecular flexibility index (Phi) is 6.77. The predicted octanol–water partition coefficient (Wildman–Crippen LogP) is 5.02. The lowest BCUT2D eigenvalue weighted by Gasteiger charge is -2.13. The third kappa shape index (κ3) is 4.85. The first-order valence-electron chi connectivity index (χ1n) is 11.0. The molecule has 0 saturated carbocycles. The van der Waals surface area contributed by atoms with Gasteiger partial charge in [0.25, 0.3) is 17.5 Å². The summed E-state index contributed by atoms with van der Waals surface area (Å²) in [6.45, 7) is 0.138. The highest BCUT2D eigenvalue weighted by Crippen LogP contribution is 2.31. The van der Waals surface area contributed by atoms with E-state index in [2.05, 4.69) is 0 Å². The third-order valence-electron chi connectivity index (χ3n) is 5.63. The number of carbonyl (C=O) groups is 3. The van der Waals surface area contributed by atoms with Crippen LogP contribution in [-0.2, 0) is 4.79 Å². The molecular formula is C26H22N2O6. The average molecular weight is 458 g/mol. The maximum absolute atomic E-state index is 12.5. The molecule has 0 fully saturated rings. The van der Waals surface area contributed by atoms with E-state index in [0.29, 0.717) is 25.0 Å². The molecule has 0 aromatic heterocycles. The summed E-state index contributed by atoms with van der Waals surface area (Å²) in [6, 6.07) is 21.2. The highest BCUT2D eigenvalue weighted by Gasteiger charge is 2.40. The maximum atomic E-state index is 12.5. The lowest BCUT2D eigenvalue weighted by Crippen LogP contribution is -2.30. The molecule has 34 heavy (non-hydrogen) atoms. The third-order valence-corrected chi connectivity index (χ3v) is 5.63. The van der Waals surface area contributed by atoms with E-state index >= 15 is 0 Å². The molecule has 3 aromatic rings. The predicted molar refractivity (Wildman–Crippen MR) is 124 cm³/mol. The molecule has 1 aliphatic heterocycles. The van der Waals surface area contributed by atoms with Crippen molar-refractivity contribution in [2.24, 2.45) is 0 Å². The molecule has 8 nitrogen and oxygen atoms in total. The first kappa shape index (κ1) is 22.8. The molecule has 3 aromatic carbocycles. The molecule has 0 atom stereocenters. The van der Waals surface area contributed by atoms with Gasteiger partial charge in [0.05, 0.1) is 10.5 Å². The number of imide groups is 1. The Labute approximate surface area is 195 Å². The molecular weight excluding hydrogens is 436 g/mol. The summed E-state index contributed by atoms with van der Waals surface area (Å²) in [7, 11) is 0. The summed E-state index contributed by atoms with van der Waals surface area (Å²) in [4.78, 5) is 48.7. The van der Waals surface area contributed by atoms with Gasteiger partial charge in [0.1, 0.15) is 11.3 Å². The molecule has 0 unspecified atom stereocenters. The van der Waals surface area contributed by atoms with Crippen LogP contribution in [0, 0.1) is 10.1 Å². The van der Waals surface area contributed by atoms with Crippen molar-refractivity contribution in [2.75, 3.05) is 6.54 Å². The lowest BCUT2D eigenvalue weighted by molar-refractivity contribution is -0.385. The number of nitro benzene ring substituents is 1. The van der Waals surface area contributed by atoms with Gasteiger partial charge in [-0.15, -0.1) is 0 Å². The Balaban J connectivity index is 1.22. The van der Waals surface area contributed by atoms with Crippen molar-refractivity contribution < 1.29 is 24.0 Å². The van der Waals surface area contributed by atoms with Gasteiger partial charge in [-0.2, -0.15) is 0 Å². The molecule has 1 heterocycles. The first-order chi connectivity index (χ1) is 16.5. The van der Waals surface area contributed by atoms with Gasteiger partial charge in [0.15, 0.2) is 0 Å². The zero-order valence-electron chi connectivity index (χ0n) is 18.3. The number of unbranched alkanes of at least 4 members (excludes halogenated alkanes) is 2. The Morgan fingerprint density at radius 1 is 0.824 bits per heavy atom. The summed E-state index contributed by atoms with van der Waals surface area (Å²) >= 11 is 0. The van der Waals surface area contributed by atoms with Gasteiger partial charge in [-0.25, -0.2) is 0 Å². The van der Waals surface area contributed by atoms with E-state index in [0.717, 1.165) is 16.0 Å². The second-order valence-corrected chi connectivity index (χ2v) is 7.89. The van der Waals surface area contributed by atoms with E-state index in [9.17, 15) is 24.5 Å². The number of hydrogen-bond donors (Lipinski definition) is 0. The van der Waals surface area contributed by atoms with E-state index < -0.39 is 16.7 Å². The van der Waals surface area contributed by atoms with Crippen LogP contribution in [-0.4, -0.2) is 34.2 Å². The van der Waals surface area contributed by atoms with Gasteiger partial charge in [0.2, 0.25) is 0 Å². The van der Waals surface area contributed by atoms with Crippen LogP contribution in [0.4, 0.5) is 5.69 Å². The lowest BCUT2D eigenvalue weighted by atomic mass is 10.1. The fourth-order valence-corrected chi connectivity index (χ4v) is 3.92. The number of ether oxygens (including phenoxy) is 1. The molecule has 0 saturated heterocycles. The standard InChI is InChI=1S/C26H22N2O6/c29-23(34-20-15-13-19(14-16-20)18-8-3-1-4-9-18)12-5-2-6-17-27-25(30)21-10-7-11-22(28(32)33)24(21)26(27)31/h1,3-4,7-11,13-16H,2,5-6,12,17H2. The zero-order valence-corrected chi connectivity index (χ0v) is 18.3. The van der Waals surface area contributed by atoms with E-state index in [1.54, 1.807) is 12.1 Å². The van der Waals surface area contributed by atoms with Gasteiger partial charge in [0, 0.05) is 19.0 Å². The number of rotatable bonds is 9. The van der Waals surface area contributed by atoms with E-state index in [-0.39, 0.29) is 35.7 Å². The van der Waals surface area contributed by atoms with Gasteiger partial charge in [-0.1, -0.05) is 55.0 Å². The van der Waals surface area contributed by atoms with Crippen LogP contribution in [0.25, 0.3) is 11.1 Å². The van der Waals surface area contributed by atoms with Crippen molar-refractivity contribution in [2.45, 2.75) is 25.7 Å². The second kappa shape index (κ2) is 10.1.